The van der Waals surface area contributed by atoms with Gasteiger partial charge in [-0.2, -0.15) is 0 Å². The van der Waals surface area contributed by atoms with Crippen LogP contribution in [0.4, 0.5) is 0 Å². The van der Waals surface area contributed by atoms with Crippen LogP contribution in [0.25, 0.3) is 0 Å². The Hall–Kier alpha value is -2.76. The summed E-state index contributed by atoms with van der Waals surface area (Å²) in [5.41, 5.74) is 1.00. The molecule has 0 saturated carbocycles. The summed E-state index contributed by atoms with van der Waals surface area (Å²) in [6, 6.07) is 10.4. The number of rotatable bonds is 5. The molecule has 23 heavy (non-hydrogen) atoms. The Morgan fingerprint density at radius 3 is 2.83 bits per heavy atom. The molecule has 1 aromatic carbocycles. The third-order valence-corrected chi connectivity index (χ3v) is 3.71. The molecule has 1 aliphatic heterocycles. The summed E-state index contributed by atoms with van der Waals surface area (Å²) in [4.78, 5) is 24.2. The number of para-hydroxylation sites is 1. The molecule has 120 valence electrons. The molecule has 1 aliphatic rings. The normalized spacial score (nSPS) is 17.0. The number of amides is 2. The van der Waals surface area contributed by atoms with E-state index in [1.807, 2.05) is 24.3 Å². The first kappa shape index (κ1) is 15.1. The monoisotopic (exact) mass is 314 g/mol. The highest BCUT2D eigenvalue weighted by Gasteiger charge is 2.30. The molecular formula is C17H18N2O4. The molecule has 2 heterocycles. The van der Waals surface area contributed by atoms with Crippen molar-refractivity contribution in [3.8, 4) is 5.75 Å². The van der Waals surface area contributed by atoms with Crippen LogP contribution in [0, 0.1) is 0 Å². The number of nitrogens with one attached hydrogen (secondary N) is 2. The first-order chi connectivity index (χ1) is 11.1. The van der Waals surface area contributed by atoms with E-state index >= 15 is 0 Å². The molecule has 2 N–H and O–H groups in total. The summed E-state index contributed by atoms with van der Waals surface area (Å²) in [6.07, 6.45) is 1.47. The summed E-state index contributed by atoms with van der Waals surface area (Å²) < 4.78 is 10.7. The molecule has 0 radical (unpaired) electrons. The maximum Gasteiger partial charge on any atom is 0.262 e. The van der Waals surface area contributed by atoms with E-state index in [1.165, 1.54) is 0 Å². The van der Waals surface area contributed by atoms with Crippen LogP contribution in [0.5, 0.6) is 5.75 Å². The van der Waals surface area contributed by atoms with Crippen molar-refractivity contribution in [2.45, 2.75) is 32.0 Å². The van der Waals surface area contributed by atoms with Gasteiger partial charge < -0.3 is 19.8 Å². The number of hydrogen-bond acceptors (Lipinski definition) is 4. The van der Waals surface area contributed by atoms with E-state index in [2.05, 4.69) is 10.6 Å². The van der Waals surface area contributed by atoms with Crippen LogP contribution in [0.3, 0.4) is 0 Å². The van der Waals surface area contributed by atoms with E-state index in [-0.39, 0.29) is 18.4 Å². The largest absolute Gasteiger partial charge is 0.480 e. The standard InChI is InChI=1S/C17H18N2O4/c1-11(16(20)18-10-13-6-4-8-22-13)19-17(21)15-9-12-5-2-3-7-14(12)23-15/h2-8,11,15H,9-10H2,1H3,(H,18,20)(H,19,21)/t11-,15-/m0/s1. The highest BCUT2D eigenvalue weighted by molar-refractivity contribution is 5.89. The maximum absolute atomic E-state index is 12.2. The summed E-state index contributed by atoms with van der Waals surface area (Å²) in [5.74, 6) is 0.820. The third kappa shape index (κ3) is 3.53. The molecule has 0 bridgehead atoms. The molecule has 0 unspecified atom stereocenters. The lowest BCUT2D eigenvalue weighted by Gasteiger charge is -2.16. The highest BCUT2D eigenvalue weighted by atomic mass is 16.5. The molecule has 0 aliphatic carbocycles. The lowest BCUT2D eigenvalue weighted by atomic mass is 10.1. The van der Waals surface area contributed by atoms with Crippen LogP contribution >= 0.6 is 0 Å². The Kier molecular flexibility index (Phi) is 4.32. The minimum Gasteiger partial charge on any atom is -0.480 e. The fourth-order valence-electron chi connectivity index (χ4n) is 2.44. The lowest BCUT2D eigenvalue weighted by molar-refractivity contribution is -0.132. The second kappa shape index (κ2) is 6.56. The smallest absolute Gasteiger partial charge is 0.262 e. The summed E-state index contributed by atoms with van der Waals surface area (Å²) in [7, 11) is 0. The van der Waals surface area contributed by atoms with Crippen molar-refractivity contribution in [1.29, 1.82) is 0 Å². The van der Waals surface area contributed by atoms with Crippen molar-refractivity contribution in [3.05, 3.63) is 54.0 Å². The Morgan fingerprint density at radius 2 is 2.09 bits per heavy atom. The van der Waals surface area contributed by atoms with Gasteiger partial charge >= 0.3 is 0 Å². The molecule has 2 amide bonds. The van der Waals surface area contributed by atoms with Crippen LogP contribution in [-0.4, -0.2) is 24.0 Å². The zero-order valence-corrected chi connectivity index (χ0v) is 12.7. The van der Waals surface area contributed by atoms with Crippen molar-refractivity contribution in [2.24, 2.45) is 0 Å². The summed E-state index contributed by atoms with van der Waals surface area (Å²) in [6.45, 7) is 1.93. The predicted octanol–water partition coefficient (Wildman–Crippen LogP) is 1.40. The molecule has 6 heteroatoms. The Morgan fingerprint density at radius 1 is 1.26 bits per heavy atom. The maximum atomic E-state index is 12.2. The van der Waals surface area contributed by atoms with Crippen LogP contribution in [0.15, 0.2) is 47.1 Å². The number of hydrogen-bond donors (Lipinski definition) is 2. The topological polar surface area (TPSA) is 80.6 Å². The number of fused-ring (bicyclic) bond motifs is 1. The van der Waals surface area contributed by atoms with Gasteiger partial charge in [0.1, 0.15) is 17.6 Å². The number of ether oxygens (including phenoxy) is 1. The molecule has 0 spiro atoms. The van der Waals surface area contributed by atoms with Gasteiger partial charge in [-0.05, 0) is 30.7 Å². The zero-order valence-electron chi connectivity index (χ0n) is 12.7. The molecule has 2 aromatic rings. The zero-order chi connectivity index (χ0) is 16.2. The van der Waals surface area contributed by atoms with E-state index in [9.17, 15) is 9.59 Å². The SMILES string of the molecule is C[C@H](NC(=O)[C@@H]1Cc2ccccc2O1)C(=O)NCc1ccco1. The van der Waals surface area contributed by atoms with Crippen molar-refractivity contribution in [1.82, 2.24) is 10.6 Å². The van der Waals surface area contributed by atoms with Gasteiger partial charge in [0.2, 0.25) is 5.91 Å². The molecule has 2 atom stereocenters. The van der Waals surface area contributed by atoms with E-state index < -0.39 is 12.1 Å². The van der Waals surface area contributed by atoms with Crippen LogP contribution in [0.2, 0.25) is 0 Å². The van der Waals surface area contributed by atoms with Crippen molar-refractivity contribution in [2.75, 3.05) is 0 Å². The van der Waals surface area contributed by atoms with Crippen LogP contribution in [-0.2, 0) is 22.6 Å². The fraction of sp³-hybridized carbons (Fsp3) is 0.294. The second-order valence-corrected chi connectivity index (χ2v) is 5.45. The van der Waals surface area contributed by atoms with Gasteiger partial charge in [-0.15, -0.1) is 0 Å². The molecule has 0 fully saturated rings. The lowest BCUT2D eigenvalue weighted by Crippen LogP contribution is -2.48. The second-order valence-electron chi connectivity index (χ2n) is 5.45. The van der Waals surface area contributed by atoms with Crippen molar-refractivity contribution >= 4 is 11.8 Å². The number of furan rings is 1. The quantitative estimate of drug-likeness (QED) is 0.874. The first-order valence-corrected chi connectivity index (χ1v) is 7.48. The van der Waals surface area contributed by atoms with Gasteiger partial charge in [0.25, 0.3) is 5.91 Å². The van der Waals surface area contributed by atoms with Gasteiger partial charge in [-0.3, -0.25) is 9.59 Å². The van der Waals surface area contributed by atoms with Crippen LogP contribution in [0.1, 0.15) is 18.2 Å². The van der Waals surface area contributed by atoms with Gasteiger partial charge in [0.05, 0.1) is 12.8 Å². The Bertz CT molecular complexity index is 671. The van der Waals surface area contributed by atoms with Gasteiger partial charge in [0, 0.05) is 6.42 Å². The third-order valence-electron chi connectivity index (χ3n) is 3.71. The molecule has 1 aromatic heterocycles. The molecule has 0 saturated heterocycles. The average molecular weight is 314 g/mol. The van der Waals surface area contributed by atoms with E-state index in [1.54, 1.807) is 25.3 Å². The highest BCUT2D eigenvalue weighted by Crippen LogP contribution is 2.28. The fourth-order valence-corrected chi connectivity index (χ4v) is 2.44. The molecule has 6 nitrogen and oxygen atoms in total. The summed E-state index contributed by atoms with van der Waals surface area (Å²) in [5, 5.41) is 5.39. The minimum atomic E-state index is -0.648. The number of benzene rings is 1. The van der Waals surface area contributed by atoms with Crippen LogP contribution < -0.4 is 15.4 Å². The minimum absolute atomic E-state index is 0.273. The summed E-state index contributed by atoms with van der Waals surface area (Å²) >= 11 is 0. The van der Waals surface area contributed by atoms with Gasteiger partial charge in [0.15, 0.2) is 6.10 Å². The Labute approximate surface area is 133 Å². The molecular weight excluding hydrogens is 296 g/mol. The molecule has 3 rings (SSSR count). The van der Waals surface area contributed by atoms with E-state index in [4.69, 9.17) is 9.15 Å². The van der Waals surface area contributed by atoms with Gasteiger partial charge in [-0.1, -0.05) is 18.2 Å². The van der Waals surface area contributed by atoms with Crippen molar-refractivity contribution < 1.29 is 18.7 Å². The van der Waals surface area contributed by atoms with Gasteiger partial charge in [-0.25, -0.2) is 0 Å². The number of carbonyl (C=O) groups excluding carboxylic acids is 2. The number of carbonyl (C=O) groups is 2. The van der Waals surface area contributed by atoms with E-state index in [0.717, 1.165) is 11.3 Å². The Balaban J connectivity index is 1.49. The average Bonchev–Trinajstić information content (AvgIpc) is 3.21. The predicted molar refractivity (Wildman–Crippen MR) is 82.7 cm³/mol. The van der Waals surface area contributed by atoms with Crippen molar-refractivity contribution in [3.63, 3.8) is 0 Å². The van der Waals surface area contributed by atoms with E-state index in [0.29, 0.717) is 12.2 Å². The first-order valence-electron chi connectivity index (χ1n) is 7.48.